The van der Waals surface area contributed by atoms with E-state index in [0.717, 1.165) is 13.0 Å². The van der Waals surface area contributed by atoms with E-state index in [-0.39, 0.29) is 0 Å². The van der Waals surface area contributed by atoms with E-state index in [1.165, 1.54) is 11.1 Å². The first-order valence-corrected chi connectivity index (χ1v) is 5.71. The van der Waals surface area contributed by atoms with Crippen molar-refractivity contribution in [2.24, 2.45) is 7.05 Å². The van der Waals surface area contributed by atoms with Crippen molar-refractivity contribution in [2.75, 3.05) is 6.54 Å². The van der Waals surface area contributed by atoms with Crippen LogP contribution in [0.1, 0.15) is 11.1 Å². The lowest BCUT2D eigenvalue weighted by Crippen LogP contribution is -2.17. The summed E-state index contributed by atoms with van der Waals surface area (Å²) in [6, 6.07) is 10.1. The van der Waals surface area contributed by atoms with Crippen LogP contribution in [0.15, 0.2) is 42.7 Å². The topological polar surface area (TPSA) is 39.1 Å². The Hall–Kier alpha value is -1.65. The van der Waals surface area contributed by atoms with Crippen LogP contribution in [-0.2, 0) is 24.9 Å². The van der Waals surface area contributed by atoms with Crippen molar-refractivity contribution in [1.82, 2.24) is 15.3 Å². The second-order valence-corrected chi connectivity index (χ2v) is 3.94. The van der Waals surface area contributed by atoms with Crippen LogP contribution in [0.4, 0.5) is 0 Å². The molecule has 0 radical (unpaired) electrons. The molecule has 1 aromatic carbocycles. The van der Waals surface area contributed by atoms with Crippen molar-refractivity contribution in [3.63, 3.8) is 0 Å². The van der Waals surface area contributed by atoms with Gasteiger partial charge in [0.2, 0.25) is 0 Å². The van der Waals surface area contributed by atoms with E-state index >= 15 is 0 Å². The molecule has 4 heteroatoms. The smallest absolute Gasteiger partial charge is 0.0933 e. The van der Waals surface area contributed by atoms with Gasteiger partial charge in [0.1, 0.15) is 0 Å². The zero-order valence-corrected chi connectivity index (χ0v) is 9.97. The van der Waals surface area contributed by atoms with E-state index in [1.807, 2.05) is 49.8 Å². The minimum absolute atomic E-state index is 0.591. The van der Waals surface area contributed by atoms with Crippen LogP contribution in [-0.4, -0.2) is 16.3 Å². The number of aromatic nitrogens is 2. The van der Waals surface area contributed by atoms with Gasteiger partial charge in [-0.25, -0.2) is 5.48 Å². The van der Waals surface area contributed by atoms with Crippen molar-refractivity contribution >= 4 is 0 Å². The highest BCUT2D eigenvalue weighted by molar-refractivity contribution is 5.13. The fourth-order valence-corrected chi connectivity index (χ4v) is 1.58. The zero-order valence-electron chi connectivity index (χ0n) is 9.97. The molecule has 0 saturated heterocycles. The molecule has 1 aromatic heterocycles. The Morgan fingerprint density at radius 2 is 2.06 bits per heavy atom. The molecule has 0 aliphatic rings. The number of benzene rings is 1. The van der Waals surface area contributed by atoms with E-state index in [2.05, 4.69) is 10.6 Å². The molecule has 0 bridgehead atoms. The Kier molecular flexibility index (Phi) is 4.30. The molecule has 0 fully saturated rings. The molecule has 2 rings (SSSR count). The molecule has 0 saturated carbocycles. The van der Waals surface area contributed by atoms with Crippen LogP contribution in [0.5, 0.6) is 0 Å². The van der Waals surface area contributed by atoms with Crippen LogP contribution in [0, 0.1) is 0 Å². The average molecular weight is 231 g/mol. The van der Waals surface area contributed by atoms with Crippen LogP contribution >= 0.6 is 0 Å². The van der Waals surface area contributed by atoms with Gasteiger partial charge in [0.25, 0.3) is 0 Å². The molecule has 2 aromatic rings. The van der Waals surface area contributed by atoms with Gasteiger partial charge in [-0.05, 0) is 17.5 Å². The summed E-state index contributed by atoms with van der Waals surface area (Å²) < 4.78 is 1.81. The second-order valence-electron chi connectivity index (χ2n) is 3.94. The van der Waals surface area contributed by atoms with Crippen LogP contribution in [0.3, 0.4) is 0 Å². The lowest BCUT2D eigenvalue weighted by atomic mass is 10.2. The van der Waals surface area contributed by atoms with Crippen molar-refractivity contribution in [3.05, 3.63) is 53.9 Å². The van der Waals surface area contributed by atoms with Gasteiger partial charge in [-0.1, -0.05) is 30.3 Å². The monoisotopic (exact) mass is 231 g/mol. The number of rotatable bonds is 6. The molecule has 0 atom stereocenters. The summed E-state index contributed by atoms with van der Waals surface area (Å²) in [4.78, 5) is 5.37. The summed E-state index contributed by atoms with van der Waals surface area (Å²) in [6.45, 7) is 1.38. The quantitative estimate of drug-likeness (QED) is 0.607. The largest absolute Gasteiger partial charge is 0.297 e. The van der Waals surface area contributed by atoms with Gasteiger partial charge in [-0.2, -0.15) is 5.10 Å². The number of aryl methyl sites for hydroxylation is 1. The molecule has 0 amide bonds. The Morgan fingerprint density at radius 3 is 2.76 bits per heavy atom. The van der Waals surface area contributed by atoms with E-state index < -0.39 is 0 Å². The zero-order chi connectivity index (χ0) is 11.9. The predicted octanol–water partition coefficient (Wildman–Crippen LogP) is 1.68. The third-order valence-electron chi connectivity index (χ3n) is 2.46. The maximum absolute atomic E-state index is 5.37. The number of hydrogen-bond donors (Lipinski definition) is 1. The maximum atomic E-state index is 5.37. The predicted molar refractivity (Wildman–Crippen MR) is 66.1 cm³/mol. The van der Waals surface area contributed by atoms with Crippen LogP contribution in [0.2, 0.25) is 0 Å². The lowest BCUT2D eigenvalue weighted by Gasteiger charge is -2.04. The van der Waals surface area contributed by atoms with Gasteiger partial charge in [-0.15, -0.1) is 0 Å². The lowest BCUT2D eigenvalue weighted by molar-refractivity contribution is 0.0288. The molecule has 0 unspecified atom stereocenters. The number of hydroxylamine groups is 1. The minimum Gasteiger partial charge on any atom is -0.297 e. The molecule has 90 valence electrons. The number of nitrogens with zero attached hydrogens (tertiary/aromatic N) is 2. The van der Waals surface area contributed by atoms with Crippen molar-refractivity contribution < 1.29 is 4.84 Å². The summed E-state index contributed by atoms with van der Waals surface area (Å²) >= 11 is 0. The first kappa shape index (κ1) is 11.8. The highest BCUT2D eigenvalue weighted by atomic mass is 16.6. The van der Waals surface area contributed by atoms with Gasteiger partial charge in [0, 0.05) is 19.8 Å². The molecular weight excluding hydrogens is 214 g/mol. The van der Waals surface area contributed by atoms with E-state index in [0.29, 0.717) is 6.61 Å². The van der Waals surface area contributed by atoms with Gasteiger partial charge in [0.05, 0.1) is 12.8 Å². The normalized spacial score (nSPS) is 10.6. The van der Waals surface area contributed by atoms with Gasteiger partial charge in [0.15, 0.2) is 0 Å². The fraction of sp³-hybridized carbons (Fsp3) is 0.308. The summed E-state index contributed by atoms with van der Waals surface area (Å²) in [5.41, 5.74) is 5.33. The highest BCUT2D eigenvalue weighted by Crippen LogP contribution is 1.99. The van der Waals surface area contributed by atoms with Crippen molar-refractivity contribution in [3.8, 4) is 0 Å². The SMILES string of the molecule is Cn1cc(CCNOCc2ccccc2)cn1. The Bertz CT molecular complexity index is 439. The Labute approximate surface area is 101 Å². The first-order valence-electron chi connectivity index (χ1n) is 5.71. The van der Waals surface area contributed by atoms with Gasteiger partial charge in [-0.3, -0.25) is 9.52 Å². The molecule has 0 aliphatic carbocycles. The highest BCUT2D eigenvalue weighted by Gasteiger charge is 1.96. The molecule has 0 aliphatic heterocycles. The van der Waals surface area contributed by atoms with E-state index in [4.69, 9.17) is 4.84 Å². The maximum Gasteiger partial charge on any atom is 0.0933 e. The molecule has 17 heavy (non-hydrogen) atoms. The summed E-state index contributed by atoms with van der Waals surface area (Å²) in [6.07, 6.45) is 4.81. The summed E-state index contributed by atoms with van der Waals surface area (Å²) in [5, 5.41) is 4.11. The summed E-state index contributed by atoms with van der Waals surface area (Å²) in [7, 11) is 1.92. The van der Waals surface area contributed by atoms with Gasteiger partial charge < -0.3 is 0 Å². The van der Waals surface area contributed by atoms with Gasteiger partial charge >= 0.3 is 0 Å². The summed E-state index contributed by atoms with van der Waals surface area (Å²) in [5.74, 6) is 0. The van der Waals surface area contributed by atoms with Crippen LogP contribution < -0.4 is 5.48 Å². The molecule has 4 nitrogen and oxygen atoms in total. The third-order valence-corrected chi connectivity index (χ3v) is 2.46. The number of nitrogens with one attached hydrogen (secondary N) is 1. The van der Waals surface area contributed by atoms with E-state index in [9.17, 15) is 0 Å². The third kappa shape index (κ3) is 4.01. The molecular formula is C13H17N3O. The number of hydrogen-bond acceptors (Lipinski definition) is 3. The van der Waals surface area contributed by atoms with Crippen molar-refractivity contribution in [1.29, 1.82) is 0 Å². The van der Waals surface area contributed by atoms with Crippen LogP contribution in [0.25, 0.3) is 0 Å². The standard InChI is InChI=1S/C13H17N3O/c1-16-10-13(9-14-16)7-8-15-17-11-12-5-3-2-4-6-12/h2-6,9-10,15H,7-8,11H2,1H3. The fourth-order valence-electron chi connectivity index (χ4n) is 1.58. The Balaban J connectivity index is 1.61. The molecule has 1 N–H and O–H groups in total. The first-order chi connectivity index (χ1) is 8.34. The van der Waals surface area contributed by atoms with E-state index in [1.54, 1.807) is 4.68 Å². The van der Waals surface area contributed by atoms with Crippen molar-refractivity contribution in [2.45, 2.75) is 13.0 Å². The Morgan fingerprint density at radius 1 is 1.24 bits per heavy atom. The average Bonchev–Trinajstić information content (AvgIpc) is 2.76. The minimum atomic E-state index is 0.591. The molecule has 1 heterocycles. The molecule has 0 spiro atoms. The second kappa shape index (κ2) is 6.18.